The number of allylic oxidation sites excluding steroid dienone is 2. The van der Waals surface area contributed by atoms with E-state index in [0.29, 0.717) is 48.0 Å². The Bertz CT molecular complexity index is 948. The molecule has 0 saturated heterocycles. The predicted molar refractivity (Wildman–Crippen MR) is 143 cm³/mol. The molecule has 8 N–H and O–H groups in total. The fraction of sp³-hybridized carbons (Fsp3) is 0.480. The van der Waals surface area contributed by atoms with E-state index in [1.165, 1.54) is 4.90 Å². The maximum absolute atomic E-state index is 13.1. The molecule has 198 valence electrons. The van der Waals surface area contributed by atoms with Crippen molar-refractivity contribution in [2.75, 3.05) is 32.7 Å². The zero-order valence-electron chi connectivity index (χ0n) is 20.3. The Hall–Kier alpha value is -2.43. The van der Waals surface area contributed by atoms with Gasteiger partial charge in [0.25, 0.3) is 0 Å². The molecule has 0 heterocycles. The van der Waals surface area contributed by atoms with E-state index in [1.807, 2.05) is 36.4 Å². The molecule has 1 aliphatic carbocycles. The third-order valence-electron chi connectivity index (χ3n) is 5.82. The van der Waals surface area contributed by atoms with Gasteiger partial charge in [-0.3, -0.25) is 14.4 Å². The van der Waals surface area contributed by atoms with Gasteiger partial charge in [0.2, 0.25) is 17.7 Å². The molecular weight excluding hydrogens is 503 g/mol. The fourth-order valence-corrected chi connectivity index (χ4v) is 4.41. The van der Waals surface area contributed by atoms with E-state index in [1.54, 1.807) is 0 Å². The van der Waals surface area contributed by atoms with E-state index >= 15 is 0 Å². The molecule has 0 aromatic heterocycles. The third-order valence-corrected chi connectivity index (χ3v) is 6.62. The number of halogens is 2. The number of nitrogens with zero attached hydrogens (tertiary/aromatic N) is 1. The van der Waals surface area contributed by atoms with E-state index in [4.69, 9.17) is 40.4 Å². The molecule has 36 heavy (non-hydrogen) atoms. The summed E-state index contributed by atoms with van der Waals surface area (Å²) < 4.78 is 0. The summed E-state index contributed by atoms with van der Waals surface area (Å²) in [6.45, 7) is 1.33. The molecule has 9 nitrogen and oxygen atoms in total. The average molecular weight is 540 g/mol. The zero-order chi connectivity index (χ0) is 26.5. The molecule has 0 radical (unpaired) electrons. The van der Waals surface area contributed by atoms with Crippen LogP contribution in [0.2, 0.25) is 0 Å². The second-order valence-corrected chi connectivity index (χ2v) is 9.41. The summed E-state index contributed by atoms with van der Waals surface area (Å²) in [6.07, 6.45) is 3.93. The maximum atomic E-state index is 13.1. The first-order valence-electron chi connectivity index (χ1n) is 12.1. The Morgan fingerprint density at radius 1 is 1.03 bits per heavy atom. The Kier molecular flexibility index (Phi) is 12.9. The highest BCUT2D eigenvalue weighted by molar-refractivity contribution is 6.36. The van der Waals surface area contributed by atoms with Crippen LogP contribution in [0, 0.1) is 0 Å². The number of carbonyl (C=O) groups excluding carboxylic acids is 3. The van der Waals surface area contributed by atoms with Crippen molar-refractivity contribution in [3.8, 4) is 0 Å². The quantitative estimate of drug-likeness (QED) is 0.238. The monoisotopic (exact) mass is 538 g/mol. The molecule has 2 rings (SSSR count). The van der Waals surface area contributed by atoms with Crippen LogP contribution in [0.4, 0.5) is 0 Å². The molecule has 1 aliphatic rings. The summed E-state index contributed by atoms with van der Waals surface area (Å²) in [7, 11) is 0. The summed E-state index contributed by atoms with van der Waals surface area (Å²) in [4.78, 5) is 40.0. The molecule has 1 aromatic carbocycles. The van der Waals surface area contributed by atoms with Crippen molar-refractivity contribution in [1.82, 2.24) is 15.5 Å². The van der Waals surface area contributed by atoms with E-state index < -0.39 is 23.9 Å². The number of rotatable bonds is 14. The molecule has 0 spiro atoms. The summed E-state index contributed by atoms with van der Waals surface area (Å²) in [6, 6.07) is 7.62. The summed E-state index contributed by atoms with van der Waals surface area (Å²) >= 11 is 12.5. The molecular formula is C25H36Cl2N6O3. The van der Waals surface area contributed by atoms with E-state index in [-0.39, 0.29) is 32.0 Å². The van der Waals surface area contributed by atoms with Crippen LogP contribution >= 0.6 is 23.2 Å². The lowest BCUT2D eigenvalue weighted by atomic mass is 10.0. The summed E-state index contributed by atoms with van der Waals surface area (Å²) in [5, 5.41) is 6.65. The van der Waals surface area contributed by atoms with Crippen molar-refractivity contribution in [3.63, 3.8) is 0 Å². The Labute approximate surface area is 222 Å². The number of carbonyl (C=O) groups is 3. The van der Waals surface area contributed by atoms with Crippen molar-refractivity contribution >= 4 is 40.9 Å². The zero-order valence-corrected chi connectivity index (χ0v) is 21.9. The molecule has 0 aliphatic heterocycles. The predicted octanol–water partition coefficient (Wildman–Crippen LogP) is 1.09. The maximum Gasteiger partial charge on any atom is 0.242 e. The molecule has 11 heteroatoms. The van der Waals surface area contributed by atoms with Crippen LogP contribution in [0.25, 0.3) is 0 Å². The molecule has 1 aromatic rings. The van der Waals surface area contributed by atoms with E-state index in [2.05, 4.69) is 10.6 Å². The average Bonchev–Trinajstić information content (AvgIpc) is 2.86. The number of hydrogen-bond acceptors (Lipinski definition) is 6. The van der Waals surface area contributed by atoms with Gasteiger partial charge < -0.3 is 32.7 Å². The Morgan fingerprint density at radius 3 is 2.31 bits per heavy atom. The highest BCUT2D eigenvalue weighted by Crippen LogP contribution is 2.29. The molecule has 0 fully saturated rings. The standard InChI is InChI=1S/C25H36Cl2N6O3/c26-19-7-4-8-20(27)18(19)16-31-25(36)22(10-9-17-5-2-1-3-6-17)32-24(35)21(30)15-23(34)33(13-11-28)14-12-29/h1-3,5-7,21-22H,4,8-16,28-30H2,(H,31,36)(H,32,35). The van der Waals surface area contributed by atoms with Gasteiger partial charge in [-0.25, -0.2) is 0 Å². The number of benzene rings is 1. The van der Waals surface area contributed by atoms with Gasteiger partial charge in [0.05, 0.1) is 12.5 Å². The Morgan fingerprint density at radius 2 is 1.69 bits per heavy atom. The highest BCUT2D eigenvalue weighted by Gasteiger charge is 2.27. The van der Waals surface area contributed by atoms with Crippen molar-refractivity contribution in [3.05, 3.63) is 57.6 Å². The number of aryl methyl sites for hydroxylation is 1. The molecule has 2 unspecified atom stereocenters. The number of nitrogens with two attached hydrogens (primary N) is 3. The molecule has 3 amide bonds. The second kappa shape index (κ2) is 15.6. The van der Waals surface area contributed by atoms with E-state index in [9.17, 15) is 14.4 Å². The van der Waals surface area contributed by atoms with Crippen molar-refractivity contribution in [2.45, 2.75) is 44.2 Å². The smallest absolute Gasteiger partial charge is 0.242 e. The third kappa shape index (κ3) is 9.55. The van der Waals surface area contributed by atoms with Crippen LogP contribution in [0.5, 0.6) is 0 Å². The minimum atomic E-state index is -1.13. The normalized spacial score (nSPS) is 15.1. The lowest BCUT2D eigenvalue weighted by Crippen LogP contribution is -2.53. The van der Waals surface area contributed by atoms with Crippen LogP contribution in [0.15, 0.2) is 52.0 Å². The van der Waals surface area contributed by atoms with Gasteiger partial charge in [0.15, 0.2) is 0 Å². The minimum Gasteiger partial charge on any atom is -0.350 e. The second-order valence-electron chi connectivity index (χ2n) is 8.55. The van der Waals surface area contributed by atoms with Crippen LogP contribution in [-0.2, 0) is 20.8 Å². The van der Waals surface area contributed by atoms with Gasteiger partial charge in [0.1, 0.15) is 6.04 Å². The van der Waals surface area contributed by atoms with Crippen LogP contribution in [0.3, 0.4) is 0 Å². The molecule has 0 saturated carbocycles. The molecule has 0 bridgehead atoms. The first-order chi connectivity index (χ1) is 17.3. The SMILES string of the molecule is NCCN(CCN)C(=O)CC(N)C(=O)NC(CCc1ccccc1)C(=O)NCC1=C(Cl)CCC=C1Cl. The van der Waals surface area contributed by atoms with Crippen molar-refractivity contribution in [1.29, 1.82) is 0 Å². The number of amides is 3. The number of nitrogens with one attached hydrogen (secondary N) is 2. The fourth-order valence-electron chi connectivity index (χ4n) is 3.79. The van der Waals surface area contributed by atoms with E-state index in [0.717, 1.165) is 12.0 Å². The number of hydrogen-bond donors (Lipinski definition) is 5. The molecule has 2 atom stereocenters. The van der Waals surface area contributed by atoms with Gasteiger partial charge in [-0.1, -0.05) is 59.6 Å². The van der Waals surface area contributed by atoms with Crippen LogP contribution in [0.1, 0.15) is 31.2 Å². The lowest BCUT2D eigenvalue weighted by Gasteiger charge is -2.24. The van der Waals surface area contributed by atoms with Gasteiger partial charge in [-0.15, -0.1) is 0 Å². The van der Waals surface area contributed by atoms with Gasteiger partial charge in [0, 0.05) is 48.4 Å². The lowest BCUT2D eigenvalue weighted by molar-refractivity contribution is -0.135. The first kappa shape index (κ1) is 29.8. The largest absolute Gasteiger partial charge is 0.350 e. The van der Waals surface area contributed by atoms with Gasteiger partial charge in [-0.2, -0.15) is 0 Å². The summed E-state index contributed by atoms with van der Waals surface area (Å²) in [5.74, 6) is -1.30. The van der Waals surface area contributed by atoms with Crippen LogP contribution < -0.4 is 27.8 Å². The van der Waals surface area contributed by atoms with Gasteiger partial charge in [-0.05, 0) is 31.2 Å². The van der Waals surface area contributed by atoms with Gasteiger partial charge >= 0.3 is 0 Å². The first-order valence-corrected chi connectivity index (χ1v) is 12.8. The van der Waals surface area contributed by atoms with Crippen LogP contribution in [-0.4, -0.2) is 67.4 Å². The van der Waals surface area contributed by atoms with Crippen molar-refractivity contribution in [2.24, 2.45) is 17.2 Å². The summed E-state index contributed by atoms with van der Waals surface area (Å²) in [5.41, 5.74) is 18.8. The van der Waals surface area contributed by atoms with Crippen molar-refractivity contribution < 1.29 is 14.4 Å². The Balaban J connectivity index is 2.05. The highest BCUT2D eigenvalue weighted by atomic mass is 35.5. The minimum absolute atomic E-state index is 0.141. The topological polar surface area (TPSA) is 157 Å².